The highest BCUT2D eigenvalue weighted by molar-refractivity contribution is 5.79. The van der Waals surface area contributed by atoms with Crippen LogP contribution in [0.2, 0.25) is 0 Å². The average Bonchev–Trinajstić information content (AvgIpc) is 2.76. The summed E-state index contributed by atoms with van der Waals surface area (Å²) in [5, 5.41) is 3.51. The summed E-state index contributed by atoms with van der Waals surface area (Å²) >= 11 is 0. The van der Waals surface area contributed by atoms with Crippen molar-refractivity contribution in [3.05, 3.63) is 71.3 Å². The van der Waals surface area contributed by atoms with E-state index in [4.69, 9.17) is 9.47 Å². The highest BCUT2D eigenvalue weighted by Gasteiger charge is 2.21. The van der Waals surface area contributed by atoms with Gasteiger partial charge in [0.15, 0.2) is 5.96 Å². The number of ether oxygens (including phenoxy) is 2. The normalized spacial score (nSPS) is 15.5. The summed E-state index contributed by atoms with van der Waals surface area (Å²) in [4.78, 5) is 6.79. The Kier molecular flexibility index (Phi) is 8.53. The summed E-state index contributed by atoms with van der Waals surface area (Å²) in [6.45, 7) is 6.83. The lowest BCUT2D eigenvalue weighted by Crippen LogP contribution is -2.46. The van der Waals surface area contributed by atoms with Crippen LogP contribution in [-0.4, -0.2) is 43.7 Å². The molecule has 0 saturated carbocycles. The molecule has 1 fully saturated rings. The zero-order chi connectivity index (χ0) is 20.3. The lowest BCUT2D eigenvalue weighted by atomic mass is 10.1. The third-order valence-corrected chi connectivity index (χ3v) is 5.18. The fraction of sp³-hybridized carbons (Fsp3) is 0.458. The summed E-state index contributed by atoms with van der Waals surface area (Å²) in [6, 6.07) is 18.8. The molecule has 2 aromatic carbocycles. The molecule has 3 rings (SSSR count). The van der Waals surface area contributed by atoms with Crippen LogP contribution in [0.1, 0.15) is 36.5 Å². The molecule has 0 unspecified atom stereocenters. The first-order valence-corrected chi connectivity index (χ1v) is 10.5. The smallest absolute Gasteiger partial charge is 0.193 e. The predicted molar refractivity (Wildman–Crippen MR) is 118 cm³/mol. The number of piperidine rings is 1. The van der Waals surface area contributed by atoms with E-state index < -0.39 is 0 Å². The van der Waals surface area contributed by atoms with Gasteiger partial charge in [-0.2, -0.15) is 0 Å². The molecule has 5 heteroatoms. The van der Waals surface area contributed by atoms with Gasteiger partial charge in [-0.15, -0.1) is 0 Å². The summed E-state index contributed by atoms with van der Waals surface area (Å²) in [5.41, 5.74) is 3.62. The van der Waals surface area contributed by atoms with Crippen molar-refractivity contribution in [2.75, 3.05) is 26.7 Å². The Morgan fingerprint density at radius 2 is 1.69 bits per heavy atom. The third kappa shape index (κ3) is 6.87. The molecule has 0 amide bonds. The molecule has 1 saturated heterocycles. The van der Waals surface area contributed by atoms with Gasteiger partial charge in [0.05, 0.1) is 19.3 Å². The molecular formula is C24H33N3O2. The van der Waals surface area contributed by atoms with E-state index in [1.54, 1.807) is 0 Å². The molecule has 0 bridgehead atoms. The fourth-order valence-corrected chi connectivity index (χ4v) is 3.67. The number of rotatable bonds is 8. The van der Waals surface area contributed by atoms with Crippen molar-refractivity contribution in [3.8, 4) is 0 Å². The monoisotopic (exact) mass is 395 g/mol. The molecular weight excluding hydrogens is 362 g/mol. The van der Waals surface area contributed by atoms with Gasteiger partial charge in [0.2, 0.25) is 0 Å². The zero-order valence-electron chi connectivity index (χ0n) is 17.6. The van der Waals surface area contributed by atoms with Gasteiger partial charge in [-0.1, -0.05) is 54.6 Å². The molecule has 0 atom stereocenters. The molecule has 1 aliphatic heterocycles. The highest BCUT2D eigenvalue weighted by Crippen LogP contribution is 2.14. The van der Waals surface area contributed by atoms with Crippen LogP contribution in [-0.2, 0) is 29.2 Å². The average molecular weight is 396 g/mol. The van der Waals surface area contributed by atoms with Crippen LogP contribution in [0, 0.1) is 0 Å². The van der Waals surface area contributed by atoms with Crippen LogP contribution in [0.4, 0.5) is 0 Å². The van der Waals surface area contributed by atoms with E-state index in [1.165, 1.54) is 16.7 Å². The van der Waals surface area contributed by atoms with Crippen molar-refractivity contribution in [2.24, 2.45) is 4.99 Å². The maximum absolute atomic E-state index is 5.87. The highest BCUT2D eigenvalue weighted by atomic mass is 16.5. The first-order chi connectivity index (χ1) is 14.3. The maximum atomic E-state index is 5.87. The molecule has 1 heterocycles. The van der Waals surface area contributed by atoms with Crippen molar-refractivity contribution in [2.45, 2.75) is 45.6 Å². The first-order valence-electron chi connectivity index (χ1n) is 10.5. The Morgan fingerprint density at radius 3 is 2.41 bits per heavy atom. The van der Waals surface area contributed by atoms with Crippen molar-refractivity contribution in [3.63, 3.8) is 0 Å². The van der Waals surface area contributed by atoms with Gasteiger partial charge in [-0.3, -0.25) is 4.99 Å². The van der Waals surface area contributed by atoms with E-state index in [9.17, 15) is 0 Å². The summed E-state index contributed by atoms with van der Waals surface area (Å²) in [7, 11) is 1.85. The lowest BCUT2D eigenvalue weighted by Gasteiger charge is -2.34. The molecule has 156 valence electrons. The largest absolute Gasteiger partial charge is 0.378 e. The molecule has 5 nitrogen and oxygen atoms in total. The quantitative estimate of drug-likeness (QED) is 0.542. The van der Waals surface area contributed by atoms with Gasteiger partial charge >= 0.3 is 0 Å². The number of nitrogens with one attached hydrogen (secondary N) is 1. The maximum Gasteiger partial charge on any atom is 0.193 e. The van der Waals surface area contributed by atoms with Crippen LogP contribution >= 0.6 is 0 Å². The van der Waals surface area contributed by atoms with Gasteiger partial charge in [0.1, 0.15) is 0 Å². The van der Waals surface area contributed by atoms with Crippen molar-refractivity contribution >= 4 is 5.96 Å². The van der Waals surface area contributed by atoms with Crippen molar-refractivity contribution in [1.82, 2.24) is 10.2 Å². The molecule has 0 spiro atoms. The lowest BCUT2D eigenvalue weighted by molar-refractivity contribution is 0.0263. The van der Waals surface area contributed by atoms with Crippen LogP contribution in [0.25, 0.3) is 0 Å². The predicted octanol–water partition coefficient (Wildman–Crippen LogP) is 3.98. The van der Waals surface area contributed by atoms with Gasteiger partial charge in [-0.05, 0) is 36.5 Å². The number of nitrogens with zero attached hydrogens (tertiary/aromatic N) is 2. The van der Waals surface area contributed by atoms with Gasteiger partial charge < -0.3 is 19.7 Å². The van der Waals surface area contributed by atoms with Gasteiger partial charge in [-0.25, -0.2) is 0 Å². The Hall–Kier alpha value is -2.37. The topological polar surface area (TPSA) is 46.1 Å². The Bertz CT molecular complexity index is 756. The summed E-state index contributed by atoms with van der Waals surface area (Å²) in [6.07, 6.45) is 2.51. The van der Waals surface area contributed by atoms with Crippen LogP contribution in [0.15, 0.2) is 59.6 Å². The second kappa shape index (κ2) is 11.6. The van der Waals surface area contributed by atoms with Gasteiger partial charge in [0, 0.05) is 33.3 Å². The second-order valence-corrected chi connectivity index (χ2v) is 7.34. The SMILES string of the molecule is CCOC1CCN(C(=NC)NCc2cccc(COCc3ccccc3)c2)CC1. The van der Waals surface area contributed by atoms with E-state index in [0.717, 1.165) is 45.0 Å². The Morgan fingerprint density at radius 1 is 1.00 bits per heavy atom. The third-order valence-electron chi connectivity index (χ3n) is 5.18. The van der Waals surface area contributed by atoms with Gasteiger partial charge in [0.25, 0.3) is 0 Å². The standard InChI is InChI=1S/C24H33N3O2/c1-3-29-23-12-14-27(15-13-23)24(25-2)26-17-21-10-7-11-22(16-21)19-28-18-20-8-5-4-6-9-20/h4-11,16,23H,3,12-15,17-19H2,1-2H3,(H,25,26). The van der Waals surface area contributed by atoms with E-state index in [1.807, 2.05) is 25.2 Å². The van der Waals surface area contributed by atoms with Crippen LogP contribution in [0.3, 0.4) is 0 Å². The number of hydrogen-bond acceptors (Lipinski definition) is 3. The molecule has 1 aliphatic rings. The van der Waals surface area contributed by atoms with E-state index in [0.29, 0.717) is 19.3 Å². The minimum Gasteiger partial charge on any atom is -0.378 e. The van der Waals surface area contributed by atoms with E-state index in [-0.39, 0.29) is 0 Å². The number of hydrogen-bond donors (Lipinski definition) is 1. The molecule has 1 N–H and O–H groups in total. The number of guanidine groups is 1. The van der Waals surface area contributed by atoms with Crippen molar-refractivity contribution in [1.29, 1.82) is 0 Å². The number of likely N-dealkylation sites (tertiary alicyclic amines) is 1. The number of benzene rings is 2. The van der Waals surface area contributed by atoms with Crippen LogP contribution in [0.5, 0.6) is 0 Å². The first kappa shape index (κ1) is 21.3. The van der Waals surface area contributed by atoms with E-state index >= 15 is 0 Å². The Balaban J connectivity index is 1.45. The van der Waals surface area contributed by atoms with Crippen molar-refractivity contribution < 1.29 is 9.47 Å². The fourth-order valence-electron chi connectivity index (χ4n) is 3.67. The van der Waals surface area contributed by atoms with Crippen LogP contribution < -0.4 is 5.32 Å². The minimum atomic E-state index is 0.391. The summed E-state index contributed by atoms with van der Waals surface area (Å²) in [5.74, 6) is 0.964. The molecule has 29 heavy (non-hydrogen) atoms. The summed E-state index contributed by atoms with van der Waals surface area (Å²) < 4.78 is 11.6. The van der Waals surface area contributed by atoms with E-state index in [2.05, 4.69) is 58.5 Å². The Labute approximate surface area is 174 Å². The molecule has 0 aliphatic carbocycles. The molecule has 0 radical (unpaired) electrons. The molecule has 2 aromatic rings. The second-order valence-electron chi connectivity index (χ2n) is 7.34. The number of aliphatic imine (C=N–C) groups is 1. The zero-order valence-corrected chi connectivity index (χ0v) is 17.6. The molecule has 0 aromatic heterocycles. The minimum absolute atomic E-state index is 0.391.